The van der Waals surface area contributed by atoms with Crippen molar-refractivity contribution in [3.05, 3.63) is 49.3 Å². The molecule has 0 saturated heterocycles. The maximum absolute atomic E-state index is 12.6. The highest BCUT2D eigenvalue weighted by atomic mass is 32.1. The number of aryl methyl sites for hydroxylation is 3. The second-order valence-electron chi connectivity index (χ2n) is 6.21. The lowest BCUT2D eigenvalue weighted by molar-refractivity contribution is 0.0781. The van der Waals surface area contributed by atoms with Crippen LogP contribution in [0.3, 0.4) is 0 Å². The van der Waals surface area contributed by atoms with Gasteiger partial charge >= 0.3 is 0 Å². The van der Waals surface area contributed by atoms with Gasteiger partial charge in [0.15, 0.2) is 5.43 Å². The van der Waals surface area contributed by atoms with Gasteiger partial charge in [-0.15, -0.1) is 11.3 Å². The molecule has 122 valence electrons. The molecule has 3 rings (SSSR count). The van der Waals surface area contributed by atoms with E-state index in [2.05, 4.69) is 9.97 Å². The van der Waals surface area contributed by atoms with Crippen LogP contribution in [0.15, 0.2) is 17.1 Å². The molecule has 2 aromatic rings. The van der Waals surface area contributed by atoms with Crippen molar-refractivity contribution in [3.63, 3.8) is 0 Å². The van der Waals surface area contributed by atoms with E-state index in [9.17, 15) is 9.59 Å². The molecule has 0 saturated carbocycles. The molecule has 0 fully saturated rings. The molecule has 1 unspecified atom stereocenters. The summed E-state index contributed by atoms with van der Waals surface area (Å²) in [7, 11) is 1.76. The number of aromatic nitrogens is 2. The third-order valence-corrected chi connectivity index (χ3v) is 5.35. The summed E-state index contributed by atoms with van der Waals surface area (Å²) in [4.78, 5) is 35.2. The van der Waals surface area contributed by atoms with Crippen molar-refractivity contribution in [3.8, 4) is 0 Å². The standard InChI is InChI=1S/C17H21N3O2S/c1-10-7-14(21)13(8-18-10)17(22)20(3)9-12-5-4-6-15-16(12)19-11(2)23-15/h7-8,12H,4-6,9H2,1-3H3,(H,18,21). The van der Waals surface area contributed by atoms with E-state index >= 15 is 0 Å². The van der Waals surface area contributed by atoms with Crippen molar-refractivity contribution < 1.29 is 4.79 Å². The van der Waals surface area contributed by atoms with Gasteiger partial charge in [-0.25, -0.2) is 4.98 Å². The highest BCUT2D eigenvalue weighted by Gasteiger charge is 2.27. The van der Waals surface area contributed by atoms with Crippen LogP contribution < -0.4 is 5.43 Å². The fourth-order valence-electron chi connectivity index (χ4n) is 3.17. The van der Waals surface area contributed by atoms with Crippen LogP contribution in [0.4, 0.5) is 0 Å². The number of carbonyl (C=O) groups excluding carboxylic acids is 1. The highest BCUT2D eigenvalue weighted by molar-refractivity contribution is 7.11. The van der Waals surface area contributed by atoms with Crippen molar-refractivity contribution >= 4 is 17.2 Å². The molecule has 1 amide bonds. The van der Waals surface area contributed by atoms with Crippen LogP contribution in [-0.4, -0.2) is 34.4 Å². The number of fused-ring (bicyclic) bond motifs is 1. The summed E-state index contributed by atoms with van der Waals surface area (Å²) < 4.78 is 0. The van der Waals surface area contributed by atoms with Gasteiger partial charge in [0.2, 0.25) is 0 Å². The first-order valence-electron chi connectivity index (χ1n) is 7.86. The number of amides is 1. The highest BCUT2D eigenvalue weighted by Crippen LogP contribution is 2.35. The van der Waals surface area contributed by atoms with Crippen LogP contribution in [0.25, 0.3) is 0 Å². The summed E-state index contributed by atoms with van der Waals surface area (Å²) in [5.74, 6) is 0.0347. The summed E-state index contributed by atoms with van der Waals surface area (Å²) in [6.45, 7) is 4.43. The third kappa shape index (κ3) is 3.22. The number of aromatic amines is 1. The zero-order chi connectivity index (χ0) is 16.6. The van der Waals surface area contributed by atoms with Crippen LogP contribution in [-0.2, 0) is 6.42 Å². The van der Waals surface area contributed by atoms with Crippen LogP contribution in [0.2, 0.25) is 0 Å². The average Bonchev–Trinajstić information content (AvgIpc) is 2.88. The molecule has 0 aromatic carbocycles. The molecule has 1 aliphatic rings. The molecule has 6 heteroatoms. The number of H-pyrrole nitrogens is 1. The maximum atomic E-state index is 12.6. The van der Waals surface area contributed by atoms with Crippen molar-refractivity contribution in [2.75, 3.05) is 13.6 Å². The summed E-state index contributed by atoms with van der Waals surface area (Å²) in [6, 6.07) is 1.46. The molecule has 0 radical (unpaired) electrons. The zero-order valence-corrected chi connectivity index (χ0v) is 14.5. The van der Waals surface area contributed by atoms with E-state index < -0.39 is 0 Å². The summed E-state index contributed by atoms with van der Waals surface area (Å²) in [5.41, 5.74) is 1.87. The number of hydrogen-bond acceptors (Lipinski definition) is 4. The van der Waals surface area contributed by atoms with Crippen LogP contribution in [0.1, 0.15) is 50.4 Å². The van der Waals surface area contributed by atoms with Gasteiger partial charge in [-0.1, -0.05) is 0 Å². The minimum atomic E-state index is -0.231. The Morgan fingerprint density at radius 3 is 3.00 bits per heavy atom. The van der Waals surface area contributed by atoms with E-state index in [-0.39, 0.29) is 22.8 Å². The first-order valence-corrected chi connectivity index (χ1v) is 8.68. The van der Waals surface area contributed by atoms with Crippen molar-refractivity contribution in [2.24, 2.45) is 0 Å². The van der Waals surface area contributed by atoms with Gasteiger partial charge in [0.1, 0.15) is 5.56 Å². The first-order chi connectivity index (χ1) is 11.0. The molecule has 2 heterocycles. The molecular weight excluding hydrogens is 310 g/mol. The quantitative estimate of drug-likeness (QED) is 0.940. The van der Waals surface area contributed by atoms with E-state index in [0.717, 1.165) is 35.7 Å². The number of carbonyl (C=O) groups is 1. The lowest BCUT2D eigenvalue weighted by atomic mass is 9.90. The normalized spacial score (nSPS) is 16.9. The number of nitrogens with one attached hydrogen (secondary N) is 1. The summed E-state index contributed by atoms with van der Waals surface area (Å²) in [5, 5.41) is 1.09. The average molecular weight is 331 g/mol. The largest absolute Gasteiger partial charge is 0.364 e. The van der Waals surface area contributed by atoms with Gasteiger partial charge in [-0.2, -0.15) is 0 Å². The molecular formula is C17H21N3O2S. The van der Waals surface area contributed by atoms with Gasteiger partial charge < -0.3 is 9.88 Å². The van der Waals surface area contributed by atoms with E-state index in [1.54, 1.807) is 30.2 Å². The van der Waals surface area contributed by atoms with Gasteiger partial charge in [0, 0.05) is 42.3 Å². The third-order valence-electron chi connectivity index (χ3n) is 4.31. The monoisotopic (exact) mass is 331 g/mol. The fourth-order valence-corrected chi connectivity index (χ4v) is 4.23. The predicted molar refractivity (Wildman–Crippen MR) is 91.3 cm³/mol. The number of rotatable bonds is 3. The molecule has 1 N–H and O–H groups in total. The maximum Gasteiger partial charge on any atom is 0.259 e. The molecule has 1 atom stereocenters. The minimum Gasteiger partial charge on any atom is -0.364 e. The van der Waals surface area contributed by atoms with E-state index in [4.69, 9.17) is 0 Å². The van der Waals surface area contributed by atoms with Crippen LogP contribution in [0, 0.1) is 13.8 Å². The SMILES string of the molecule is Cc1cc(=O)c(C(=O)N(C)CC2CCCc3sc(C)nc32)c[nH]1. The number of thiazole rings is 1. The summed E-state index contributed by atoms with van der Waals surface area (Å²) in [6.07, 6.45) is 4.77. The molecule has 0 spiro atoms. The second-order valence-corrected chi connectivity index (χ2v) is 7.50. The molecule has 0 aliphatic heterocycles. The van der Waals surface area contributed by atoms with Gasteiger partial charge in [0.05, 0.1) is 10.7 Å². The number of likely N-dealkylation sites (N-methyl/N-ethyl adjacent to an activating group) is 1. The Labute approximate surface area is 139 Å². The number of pyridine rings is 1. The Kier molecular flexibility index (Phi) is 4.35. The Bertz CT molecular complexity index is 793. The van der Waals surface area contributed by atoms with Crippen molar-refractivity contribution in [2.45, 2.75) is 39.0 Å². The molecule has 1 aliphatic carbocycles. The van der Waals surface area contributed by atoms with Crippen molar-refractivity contribution in [1.82, 2.24) is 14.9 Å². The fraction of sp³-hybridized carbons (Fsp3) is 0.471. The second kappa shape index (κ2) is 6.28. The first kappa shape index (κ1) is 15.9. The smallest absolute Gasteiger partial charge is 0.259 e. The number of nitrogens with zero attached hydrogens (tertiary/aromatic N) is 2. The van der Waals surface area contributed by atoms with Crippen LogP contribution in [0.5, 0.6) is 0 Å². The topological polar surface area (TPSA) is 66.1 Å². The van der Waals surface area contributed by atoms with E-state index in [1.807, 2.05) is 6.92 Å². The van der Waals surface area contributed by atoms with E-state index in [0.29, 0.717) is 6.54 Å². The lowest BCUT2D eigenvalue weighted by Gasteiger charge is -2.26. The molecule has 2 aromatic heterocycles. The Morgan fingerprint density at radius 1 is 1.48 bits per heavy atom. The van der Waals surface area contributed by atoms with Gasteiger partial charge in [-0.05, 0) is 33.1 Å². The van der Waals surface area contributed by atoms with E-state index in [1.165, 1.54) is 17.1 Å². The van der Waals surface area contributed by atoms with Crippen LogP contribution >= 0.6 is 11.3 Å². The number of hydrogen-bond donors (Lipinski definition) is 1. The Balaban J connectivity index is 1.78. The lowest BCUT2D eigenvalue weighted by Crippen LogP contribution is -2.35. The minimum absolute atomic E-state index is 0.198. The van der Waals surface area contributed by atoms with Gasteiger partial charge in [0.25, 0.3) is 5.91 Å². The zero-order valence-electron chi connectivity index (χ0n) is 13.7. The van der Waals surface area contributed by atoms with Gasteiger partial charge in [-0.3, -0.25) is 9.59 Å². The molecule has 23 heavy (non-hydrogen) atoms. The molecule has 5 nitrogen and oxygen atoms in total. The molecule has 0 bridgehead atoms. The Morgan fingerprint density at radius 2 is 2.26 bits per heavy atom. The predicted octanol–water partition coefficient (Wildman–Crippen LogP) is 2.64. The summed E-state index contributed by atoms with van der Waals surface area (Å²) >= 11 is 1.76. The van der Waals surface area contributed by atoms with Crippen molar-refractivity contribution in [1.29, 1.82) is 0 Å². The Hall–Kier alpha value is -1.95.